The van der Waals surface area contributed by atoms with Crippen molar-refractivity contribution in [3.63, 3.8) is 0 Å². The van der Waals surface area contributed by atoms with E-state index in [1.165, 1.54) is 17.4 Å². The van der Waals surface area contributed by atoms with Gasteiger partial charge in [-0.25, -0.2) is 8.42 Å². The quantitative estimate of drug-likeness (QED) is 0.812. The second-order valence-corrected chi connectivity index (χ2v) is 7.68. The molecule has 2 aromatic rings. The van der Waals surface area contributed by atoms with Crippen LogP contribution in [-0.2, 0) is 16.6 Å². The highest BCUT2D eigenvalue weighted by Gasteiger charge is 2.24. The summed E-state index contributed by atoms with van der Waals surface area (Å²) in [5.41, 5.74) is 0. The minimum absolute atomic E-state index is 0.0770. The van der Waals surface area contributed by atoms with Gasteiger partial charge in [0, 0.05) is 11.5 Å². The van der Waals surface area contributed by atoms with Gasteiger partial charge in [-0.05, 0) is 37.3 Å². The molecule has 2 rings (SSSR count). The van der Waals surface area contributed by atoms with E-state index in [4.69, 9.17) is 16.0 Å². The summed E-state index contributed by atoms with van der Waals surface area (Å²) in [4.78, 5) is 0.0770. The molecule has 0 N–H and O–H groups in total. The third-order valence-corrected chi connectivity index (χ3v) is 5.54. The van der Waals surface area contributed by atoms with Crippen molar-refractivity contribution in [2.45, 2.75) is 18.4 Å². The average Bonchev–Trinajstić information content (AvgIpc) is 2.74. The molecule has 0 saturated carbocycles. The fraction of sp³-hybridized carbons (Fsp3) is 0.231. The molecule has 1 heterocycles. The predicted molar refractivity (Wildman–Crippen MR) is 81.2 cm³/mol. The molecule has 0 unspecified atom stereocenters. The topological polar surface area (TPSA) is 50.5 Å². The van der Waals surface area contributed by atoms with Gasteiger partial charge in [-0.1, -0.05) is 27.5 Å². The van der Waals surface area contributed by atoms with Crippen LogP contribution in [0.5, 0.6) is 0 Å². The van der Waals surface area contributed by atoms with Gasteiger partial charge >= 0.3 is 0 Å². The van der Waals surface area contributed by atoms with Gasteiger partial charge in [-0.3, -0.25) is 0 Å². The van der Waals surface area contributed by atoms with E-state index in [9.17, 15) is 8.42 Å². The normalized spacial score (nSPS) is 12.1. The summed E-state index contributed by atoms with van der Waals surface area (Å²) < 4.78 is 32.2. The van der Waals surface area contributed by atoms with E-state index in [0.29, 0.717) is 5.76 Å². The first-order valence-electron chi connectivity index (χ1n) is 5.77. The van der Waals surface area contributed by atoms with Crippen molar-refractivity contribution in [1.82, 2.24) is 4.31 Å². The van der Waals surface area contributed by atoms with Crippen LogP contribution in [0.3, 0.4) is 0 Å². The maximum absolute atomic E-state index is 12.5. The van der Waals surface area contributed by atoms with Crippen LogP contribution in [0.25, 0.3) is 0 Å². The molecule has 4 nitrogen and oxygen atoms in total. The van der Waals surface area contributed by atoms with Crippen molar-refractivity contribution in [2.24, 2.45) is 0 Å². The van der Waals surface area contributed by atoms with E-state index in [1.54, 1.807) is 24.3 Å². The summed E-state index contributed by atoms with van der Waals surface area (Å²) in [6.45, 7) is 1.96. The number of hydrogen-bond acceptors (Lipinski definition) is 3. The Morgan fingerprint density at radius 3 is 2.55 bits per heavy atom. The fourth-order valence-corrected chi connectivity index (χ4v) is 3.87. The Balaban J connectivity index is 2.29. The molecular weight excluding hydrogens is 366 g/mol. The van der Waals surface area contributed by atoms with Gasteiger partial charge < -0.3 is 4.42 Å². The molecule has 0 aliphatic carbocycles. The first kappa shape index (κ1) is 15.6. The lowest BCUT2D eigenvalue weighted by Gasteiger charge is -2.17. The third kappa shape index (κ3) is 3.25. The van der Waals surface area contributed by atoms with E-state index in [1.807, 2.05) is 6.92 Å². The molecule has 7 heteroatoms. The van der Waals surface area contributed by atoms with Crippen LogP contribution in [0, 0.1) is 6.92 Å². The molecular formula is C13H13BrClNO3S. The fourth-order valence-electron chi connectivity index (χ4n) is 1.73. The highest BCUT2D eigenvalue weighted by molar-refractivity contribution is 9.10. The van der Waals surface area contributed by atoms with Crippen LogP contribution in [0.4, 0.5) is 0 Å². The van der Waals surface area contributed by atoms with Crippen LogP contribution >= 0.6 is 27.5 Å². The van der Waals surface area contributed by atoms with Crippen molar-refractivity contribution < 1.29 is 12.8 Å². The Kier molecular flexibility index (Phi) is 4.59. The molecule has 108 valence electrons. The zero-order chi connectivity index (χ0) is 14.9. The molecule has 1 aromatic heterocycles. The van der Waals surface area contributed by atoms with Crippen LogP contribution in [0.15, 0.2) is 44.1 Å². The number of benzene rings is 1. The van der Waals surface area contributed by atoms with E-state index in [2.05, 4.69) is 15.9 Å². The van der Waals surface area contributed by atoms with E-state index in [-0.39, 0.29) is 16.5 Å². The van der Waals surface area contributed by atoms with Gasteiger partial charge in [0.2, 0.25) is 10.0 Å². The molecule has 0 amide bonds. The zero-order valence-corrected chi connectivity index (χ0v) is 14.1. The van der Waals surface area contributed by atoms with Crippen LogP contribution in [0.1, 0.15) is 11.5 Å². The molecule has 0 aliphatic heterocycles. The lowest BCUT2D eigenvalue weighted by Crippen LogP contribution is -2.26. The highest BCUT2D eigenvalue weighted by atomic mass is 79.9. The molecule has 0 aliphatic rings. The van der Waals surface area contributed by atoms with E-state index in [0.717, 1.165) is 10.2 Å². The van der Waals surface area contributed by atoms with Crippen molar-refractivity contribution >= 4 is 37.6 Å². The van der Waals surface area contributed by atoms with E-state index >= 15 is 0 Å². The summed E-state index contributed by atoms with van der Waals surface area (Å²) in [5.74, 6) is 1.33. The maximum atomic E-state index is 12.5. The van der Waals surface area contributed by atoms with Gasteiger partial charge in [0.05, 0.1) is 11.6 Å². The first-order chi connectivity index (χ1) is 9.30. The molecule has 0 saturated heterocycles. The standard InChI is InChI=1S/C13H13BrClNO3S/c1-9-3-5-11(19-9)8-16(2)20(17,18)13-6-4-10(14)7-12(13)15/h3-7H,8H2,1-2H3. The van der Waals surface area contributed by atoms with Gasteiger partial charge in [0.1, 0.15) is 16.4 Å². The SMILES string of the molecule is Cc1ccc(CN(C)S(=O)(=O)c2ccc(Br)cc2Cl)o1. The monoisotopic (exact) mass is 377 g/mol. The van der Waals surface area contributed by atoms with Gasteiger partial charge in [0.15, 0.2) is 0 Å². The molecule has 0 radical (unpaired) electrons. The Morgan fingerprint density at radius 2 is 2.00 bits per heavy atom. The summed E-state index contributed by atoms with van der Waals surface area (Å²) >= 11 is 9.25. The number of aryl methyl sites for hydroxylation is 1. The Hall–Kier alpha value is -0.820. The summed E-state index contributed by atoms with van der Waals surface area (Å²) in [7, 11) is -2.16. The van der Waals surface area contributed by atoms with Crippen molar-refractivity contribution in [1.29, 1.82) is 0 Å². The Morgan fingerprint density at radius 1 is 1.30 bits per heavy atom. The van der Waals surface area contributed by atoms with Crippen LogP contribution in [0.2, 0.25) is 5.02 Å². The number of hydrogen-bond donors (Lipinski definition) is 0. The highest BCUT2D eigenvalue weighted by Crippen LogP contribution is 2.28. The molecule has 20 heavy (non-hydrogen) atoms. The van der Waals surface area contributed by atoms with E-state index < -0.39 is 10.0 Å². The van der Waals surface area contributed by atoms with Gasteiger partial charge in [-0.15, -0.1) is 0 Å². The largest absolute Gasteiger partial charge is 0.465 e. The maximum Gasteiger partial charge on any atom is 0.244 e. The Bertz CT molecular complexity index is 727. The summed E-state index contributed by atoms with van der Waals surface area (Å²) in [6, 6.07) is 8.22. The molecule has 0 bridgehead atoms. The lowest BCUT2D eigenvalue weighted by atomic mass is 10.4. The lowest BCUT2D eigenvalue weighted by molar-refractivity contribution is 0.397. The van der Waals surface area contributed by atoms with Gasteiger partial charge in [-0.2, -0.15) is 4.31 Å². The second kappa shape index (κ2) is 5.89. The number of furan rings is 1. The molecule has 0 atom stereocenters. The van der Waals surface area contributed by atoms with Crippen molar-refractivity contribution in [2.75, 3.05) is 7.05 Å². The van der Waals surface area contributed by atoms with Crippen LogP contribution in [-0.4, -0.2) is 19.8 Å². The summed E-state index contributed by atoms with van der Waals surface area (Å²) in [5, 5.41) is 0.182. The zero-order valence-electron chi connectivity index (χ0n) is 10.9. The Labute approximate surface area is 131 Å². The number of rotatable bonds is 4. The van der Waals surface area contributed by atoms with Crippen molar-refractivity contribution in [3.05, 3.63) is 51.3 Å². The summed E-state index contributed by atoms with van der Waals surface area (Å²) in [6.07, 6.45) is 0. The van der Waals surface area contributed by atoms with Gasteiger partial charge in [0.25, 0.3) is 0 Å². The number of sulfonamides is 1. The number of halogens is 2. The van der Waals surface area contributed by atoms with Crippen molar-refractivity contribution in [3.8, 4) is 0 Å². The molecule has 1 aromatic carbocycles. The number of nitrogens with zero attached hydrogens (tertiary/aromatic N) is 1. The second-order valence-electron chi connectivity index (χ2n) is 4.35. The third-order valence-electron chi connectivity index (χ3n) is 2.76. The smallest absolute Gasteiger partial charge is 0.244 e. The average molecular weight is 379 g/mol. The molecule has 0 fully saturated rings. The minimum atomic E-state index is -3.65. The predicted octanol–water partition coefficient (Wildman–Crippen LogP) is 3.82. The first-order valence-corrected chi connectivity index (χ1v) is 8.38. The van der Waals surface area contributed by atoms with Crippen LogP contribution < -0.4 is 0 Å². The molecule has 0 spiro atoms. The minimum Gasteiger partial charge on any atom is -0.465 e.